The predicted molar refractivity (Wildman–Crippen MR) is 117 cm³/mol. The van der Waals surface area contributed by atoms with Crippen LogP contribution >= 0.6 is 11.3 Å². The molecule has 0 atom stereocenters. The van der Waals surface area contributed by atoms with Crippen molar-refractivity contribution in [2.24, 2.45) is 7.05 Å². The molecule has 2 aromatic heterocycles. The number of thiazole rings is 1. The average Bonchev–Trinajstić information content (AvgIpc) is 3.32. The minimum atomic E-state index is -0.288. The first-order chi connectivity index (χ1) is 14.5. The summed E-state index contributed by atoms with van der Waals surface area (Å²) in [5, 5.41) is 10.9. The molecule has 154 valence electrons. The van der Waals surface area contributed by atoms with Gasteiger partial charge in [-0.3, -0.25) is 0 Å². The molecule has 0 aliphatic heterocycles. The number of hydrogen-bond donors (Lipinski definition) is 0. The summed E-state index contributed by atoms with van der Waals surface area (Å²) in [6.45, 7) is 6.44. The van der Waals surface area contributed by atoms with Gasteiger partial charge in [-0.25, -0.2) is 9.78 Å². The molecular weight excluding hydrogens is 398 g/mol. The molecule has 0 bridgehead atoms. The minimum absolute atomic E-state index is 0.288. The van der Waals surface area contributed by atoms with Crippen LogP contribution in [0.15, 0.2) is 46.6 Å². The van der Waals surface area contributed by atoms with Crippen molar-refractivity contribution in [2.75, 3.05) is 0 Å². The number of tetrazole rings is 1. The number of aromatic nitrogens is 5. The largest absolute Gasteiger partial charge is 0.489 e. The Morgan fingerprint density at radius 3 is 2.60 bits per heavy atom. The Kier molecular flexibility index (Phi) is 5.50. The van der Waals surface area contributed by atoms with Gasteiger partial charge in [-0.1, -0.05) is 19.1 Å². The zero-order valence-corrected chi connectivity index (χ0v) is 18.2. The minimum Gasteiger partial charge on any atom is -0.489 e. The van der Waals surface area contributed by atoms with Crippen LogP contribution in [-0.4, -0.2) is 24.8 Å². The van der Waals surface area contributed by atoms with E-state index in [9.17, 15) is 4.79 Å². The Morgan fingerprint density at radius 1 is 1.13 bits per heavy atom. The number of benzene rings is 2. The van der Waals surface area contributed by atoms with E-state index < -0.39 is 0 Å². The van der Waals surface area contributed by atoms with Crippen LogP contribution in [0.2, 0.25) is 0 Å². The van der Waals surface area contributed by atoms with Crippen LogP contribution in [0.1, 0.15) is 28.6 Å². The molecule has 0 unspecified atom stereocenters. The molecule has 0 amide bonds. The van der Waals surface area contributed by atoms with Gasteiger partial charge in [0, 0.05) is 23.6 Å². The lowest BCUT2D eigenvalue weighted by Crippen LogP contribution is -2.23. The molecule has 4 aromatic rings. The van der Waals surface area contributed by atoms with E-state index >= 15 is 0 Å². The molecule has 0 aliphatic rings. The summed E-state index contributed by atoms with van der Waals surface area (Å²) in [6, 6.07) is 11.9. The zero-order valence-electron chi connectivity index (χ0n) is 17.4. The van der Waals surface area contributed by atoms with Crippen LogP contribution in [0, 0.1) is 13.8 Å². The molecule has 0 saturated carbocycles. The Morgan fingerprint density at radius 2 is 1.97 bits per heavy atom. The number of ether oxygens (including phenoxy) is 1. The summed E-state index contributed by atoms with van der Waals surface area (Å²) >= 11 is 1.64. The summed E-state index contributed by atoms with van der Waals surface area (Å²) < 4.78 is 8.71. The molecule has 0 N–H and O–H groups in total. The first-order valence-electron chi connectivity index (χ1n) is 9.74. The van der Waals surface area contributed by atoms with Crippen LogP contribution in [0.4, 0.5) is 0 Å². The van der Waals surface area contributed by atoms with Crippen molar-refractivity contribution in [2.45, 2.75) is 33.8 Å². The molecule has 0 fully saturated rings. The molecule has 0 aliphatic carbocycles. The van der Waals surface area contributed by atoms with Crippen LogP contribution in [-0.2, 0) is 20.1 Å². The van der Waals surface area contributed by atoms with Gasteiger partial charge in [0.1, 0.15) is 12.4 Å². The fourth-order valence-electron chi connectivity index (χ4n) is 3.40. The summed E-state index contributed by atoms with van der Waals surface area (Å²) in [5.41, 5.74) is 5.53. The van der Waals surface area contributed by atoms with E-state index in [1.165, 1.54) is 9.36 Å². The highest BCUT2D eigenvalue weighted by Crippen LogP contribution is 2.28. The second-order valence-corrected chi connectivity index (χ2v) is 8.15. The van der Waals surface area contributed by atoms with Gasteiger partial charge in [-0.05, 0) is 66.1 Å². The molecule has 4 rings (SSSR count). The van der Waals surface area contributed by atoms with Crippen molar-refractivity contribution in [1.29, 1.82) is 0 Å². The van der Waals surface area contributed by atoms with Crippen molar-refractivity contribution in [3.63, 3.8) is 0 Å². The second kappa shape index (κ2) is 8.23. The van der Waals surface area contributed by atoms with E-state index in [2.05, 4.69) is 33.8 Å². The lowest BCUT2D eigenvalue weighted by Gasteiger charge is -2.15. The normalized spacial score (nSPS) is 11.1. The van der Waals surface area contributed by atoms with Crippen LogP contribution in [0.3, 0.4) is 0 Å². The monoisotopic (exact) mass is 421 g/mol. The zero-order chi connectivity index (χ0) is 21.3. The molecular formula is C22H23N5O2S. The van der Waals surface area contributed by atoms with Gasteiger partial charge in [0.2, 0.25) is 0 Å². The first kappa shape index (κ1) is 20.0. The van der Waals surface area contributed by atoms with E-state index in [0.717, 1.165) is 45.1 Å². The van der Waals surface area contributed by atoms with Crippen molar-refractivity contribution >= 4 is 11.3 Å². The highest BCUT2D eigenvalue weighted by atomic mass is 32.1. The molecule has 0 radical (unpaired) electrons. The molecule has 2 aromatic carbocycles. The summed E-state index contributed by atoms with van der Waals surface area (Å²) in [7, 11) is 1.58. The molecule has 30 heavy (non-hydrogen) atoms. The SMILES string of the molecule is CCc1cccc(-n2nnn(C)c2=O)c1COc1ccc(-c2csc(C)n2)cc1C. The lowest BCUT2D eigenvalue weighted by molar-refractivity contribution is 0.302. The molecule has 2 heterocycles. The van der Waals surface area contributed by atoms with Gasteiger partial charge in [-0.2, -0.15) is 9.36 Å². The van der Waals surface area contributed by atoms with Crippen LogP contribution in [0.25, 0.3) is 16.9 Å². The molecule has 0 saturated heterocycles. The second-order valence-electron chi connectivity index (χ2n) is 7.09. The maximum Gasteiger partial charge on any atom is 0.368 e. The van der Waals surface area contributed by atoms with Crippen molar-refractivity contribution < 1.29 is 4.74 Å². The average molecular weight is 422 g/mol. The van der Waals surface area contributed by atoms with Gasteiger partial charge in [-0.15, -0.1) is 11.3 Å². The van der Waals surface area contributed by atoms with Crippen LogP contribution < -0.4 is 10.4 Å². The van der Waals surface area contributed by atoms with E-state index in [4.69, 9.17) is 4.74 Å². The summed E-state index contributed by atoms with van der Waals surface area (Å²) in [5.74, 6) is 0.800. The Hall–Kier alpha value is -3.26. The third kappa shape index (κ3) is 3.78. The first-order valence-corrected chi connectivity index (χ1v) is 10.6. The standard InChI is InChI=1S/C22H23N5O2S/c1-5-16-7-6-8-20(27-22(28)26(4)24-25-27)18(16)12-29-21-10-9-17(11-14(21)2)19-13-30-15(3)23-19/h6-11,13H,5,12H2,1-4H3. The third-order valence-corrected chi connectivity index (χ3v) is 5.81. The fraction of sp³-hybridized carbons (Fsp3) is 0.273. The number of nitrogens with zero attached hydrogens (tertiary/aromatic N) is 5. The maximum absolute atomic E-state index is 12.4. The topological polar surface area (TPSA) is 74.8 Å². The highest BCUT2D eigenvalue weighted by molar-refractivity contribution is 7.09. The Balaban J connectivity index is 1.64. The molecule has 7 nitrogen and oxygen atoms in total. The highest BCUT2D eigenvalue weighted by Gasteiger charge is 2.15. The molecule has 0 spiro atoms. The number of hydrogen-bond acceptors (Lipinski definition) is 6. The van der Waals surface area contributed by atoms with Crippen molar-refractivity contribution in [1.82, 2.24) is 24.8 Å². The van der Waals surface area contributed by atoms with Gasteiger partial charge >= 0.3 is 5.69 Å². The van der Waals surface area contributed by atoms with Gasteiger partial charge < -0.3 is 4.74 Å². The fourth-order valence-corrected chi connectivity index (χ4v) is 4.02. The smallest absolute Gasteiger partial charge is 0.368 e. The van der Waals surface area contributed by atoms with E-state index in [-0.39, 0.29) is 5.69 Å². The number of aryl methyl sites for hydroxylation is 4. The van der Waals surface area contributed by atoms with Crippen molar-refractivity contribution in [3.05, 3.63) is 74.0 Å². The van der Waals surface area contributed by atoms with Crippen molar-refractivity contribution in [3.8, 4) is 22.7 Å². The summed E-state index contributed by atoms with van der Waals surface area (Å²) in [4.78, 5) is 16.9. The Bertz CT molecular complexity index is 1250. The quantitative estimate of drug-likeness (QED) is 0.473. The predicted octanol–water partition coefficient (Wildman–Crippen LogP) is 3.85. The maximum atomic E-state index is 12.4. The van der Waals surface area contributed by atoms with E-state index in [0.29, 0.717) is 12.3 Å². The summed E-state index contributed by atoms with van der Waals surface area (Å²) in [6.07, 6.45) is 0.822. The van der Waals surface area contributed by atoms with Gasteiger partial charge in [0.05, 0.1) is 16.4 Å². The van der Waals surface area contributed by atoms with Gasteiger partial charge in [0.25, 0.3) is 0 Å². The molecule has 8 heteroatoms. The number of rotatable bonds is 6. The van der Waals surface area contributed by atoms with E-state index in [1.54, 1.807) is 18.4 Å². The van der Waals surface area contributed by atoms with Crippen LogP contribution in [0.5, 0.6) is 5.75 Å². The van der Waals surface area contributed by atoms with Gasteiger partial charge in [0.15, 0.2) is 0 Å². The van der Waals surface area contributed by atoms with E-state index in [1.807, 2.05) is 44.2 Å². The lowest BCUT2D eigenvalue weighted by atomic mass is 10.0. The third-order valence-electron chi connectivity index (χ3n) is 5.04. The Labute approximate surface area is 178 Å².